The normalized spacial score (nSPS) is 18.9. The SMILES string of the molecule is COc1ccc(CNc2cc(C3CCC(S(N)(=O)=O)CC3)nc3sc4ccccc4c23)cc1Cl. The molecule has 1 saturated carbocycles. The number of methoxy groups -OCH3 is 1. The fraction of sp³-hybridized carbons (Fsp3) is 0.320. The highest BCUT2D eigenvalue weighted by Crippen LogP contribution is 2.41. The van der Waals surface area contributed by atoms with Crippen molar-refractivity contribution in [2.45, 2.75) is 43.4 Å². The maximum atomic E-state index is 11.8. The number of fused-ring (bicyclic) bond motifs is 3. The molecular formula is C25H26ClN3O3S2. The van der Waals surface area contributed by atoms with E-state index in [2.05, 4.69) is 23.5 Å². The van der Waals surface area contributed by atoms with Gasteiger partial charge in [0.05, 0.1) is 17.4 Å². The molecule has 34 heavy (non-hydrogen) atoms. The average Bonchev–Trinajstić information content (AvgIpc) is 3.21. The van der Waals surface area contributed by atoms with Crippen LogP contribution in [0.25, 0.3) is 20.3 Å². The highest BCUT2D eigenvalue weighted by atomic mass is 35.5. The number of primary sulfonamides is 1. The smallest absolute Gasteiger partial charge is 0.211 e. The largest absolute Gasteiger partial charge is 0.495 e. The molecule has 0 bridgehead atoms. The monoisotopic (exact) mass is 515 g/mol. The summed E-state index contributed by atoms with van der Waals surface area (Å²) < 4.78 is 30.0. The van der Waals surface area contributed by atoms with Crippen LogP contribution in [0, 0.1) is 0 Å². The third-order valence-corrected chi connectivity index (χ3v) is 9.39. The third kappa shape index (κ3) is 4.60. The molecule has 178 valence electrons. The number of ether oxygens (including phenoxy) is 1. The predicted molar refractivity (Wildman–Crippen MR) is 141 cm³/mol. The Bertz CT molecular complexity index is 1460. The van der Waals surface area contributed by atoms with Crippen LogP contribution in [0.4, 0.5) is 5.69 Å². The minimum atomic E-state index is -3.49. The first-order chi connectivity index (χ1) is 16.3. The van der Waals surface area contributed by atoms with E-state index in [1.807, 2.05) is 30.3 Å². The van der Waals surface area contributed by atoms with Gasteiger partial charge in [0, 0.05) is 39.3 Å². The molecule has 1 fully saturated rings. The van der Waals surface area contributed by atoms with E-state index in [-0.39, 0.29) is 5.92 Å². The van der Waals surface area contributed by atoms with Gasteiger partial charge in [-0.2, -0.15) is 0 Å². The maximum Gasteiger partial charge on any atom is 0.211 e. The number of nitrogens with zero attached hydrogens (tertiary/aromatic N) is 1. The molecule has 0 unspecified atom stereocenters. The number of nitrogens with one attached hydrogen (secondary N) is 1. The molecule has 0 amide bonds. The molecule has 2 aromatic heterocycles. The standard InChI is InChI=1S/C25H26ClN3O3S2/c1-32-22-11-6-15(12-19(22)26)14-28-21-13-20(16-7-9-17(10-8-16)34(27,30)31)29-25-24(21)18-4-2-3-5-23(18)33-25/h2-6,11-13,16-17H,7-10,14H2,1H3,(H,28,29)(H2,27,30,31). The van der Waals surface area contributed by atoms with Gasteiger partial charge in [-0.3, -0.25) is 0 Å². The fourth-order valence-electron chi connectivity index (χ4n) is 4.79. The van der Waals surface area contributed by atoms with Crippen molar-refractivity contribution in [3.63, 3.8) is 0 Å². The number of nitrogens with two attached hydrogens (primary N) is 1. The van der Waals surface area contributed by atoms with E-state index in [1.165, 1.54) is 10.1 Å². The summed E-state index contributed by atoms with van der Waals surface area (Å²) in [5.74, 6) is 0.863. The number of sulfonamides is 1. The van der Waals surface area contributed by atoms with Crippen molar-refractivity contribution >= 4 is 59.0 Å². The molecule has 0 spiro atoms. The Balaban J connectivity index is 1.49. The fourth-order valence-corrected chi connectivity index (χ4v) is 7.11. The van der Waals surface area contributed by atoms with E-state index in [0.29, 0.717) is 30.2 Å². The van der Waals surface area contributed by atoms with Crippen molar-refractivity contribution in [2.75, 3.05) is 12.4 Å². The molecular weight excluding hydrogens is 490 g/mol. The second-order valence-corrected chi connectivity index (χ2v) is 12.0. The molecule has 2 aromatic carbocycles. The van der Waals surface area contributed by atoms with Gasteiger partial charge in [0.2, 0.25) is 10.0 Å². The van der Waals surface area contributed by atoms with Crippen LogP contribution in [-0.2, 0) is 16.6 Å². The van der Waals surface area contributed by atoms with Crippen molar-refractivity contribution in [1.29, 1.82) is 0 Å². The van der Waals surface area contributed by atoms with E-state index in [4.69, 9.17) is 26.5 Å². The first kappa shape index (κ1) is 23.4. The molecule has 0 aliphatic heterocycles. The number of hydrogen-bond acceptors (Lipinski definition) is 6. The Morgan fingerprint density at radius 3 is 2.62 bits per heavy atom. The summed E-state index contributed by atoms with van der Waals surface area (Å²) in [5.41, 5.74) is 3.07. The van der Waals surface area contributed by atoms with Crippen LogP contribution in [0.15, 0.2) is 48.5 Å². The van der Waals surface area contributed by atoms with Crippen molar-refractivity contribution in [3.05, 3.63) is 64.8 Å². The summed E-state index contributed by atoms with van der Waals surface area (Å²) in [6, 6.07) is 16.2. The zero-order valence-electron chi connectivity index (χ0n) is 18.8. The van der Waals surface area contributed by atoms with Crippen LogP contribution in [0.5, 0.6) is 5.75 Å². The molecule has 6 nitrogen and oxygen atoms in total. The predicted octanol–water partition coefficient (Wildman–Crippen LogP) is 6.04. The van der Waals surface area contributed by atoms with E-state index >= 15 is 0 Å². The lowest BCUT2D eigenvalue weighted by molar-refractivity contribution is 0.415. The lowest BCUT2D eigenvalue weighted by Crippen LogP contribution is -2.32. The number of halogens is 1. The maximum absolute atomic E-state index is 11.8. The second-order valence-electron chi connectivity index (χ2n) is 8.76. The van der Waals surface area contributed by atoms with E-state index in [0.717, 1.165) is 40.0 Å². The van der Waals surface area contributed by atoms with E-state index in [9.17, 15) is 8.42 Å². The molecule has 0 saturated heterocycles. The summed E-state index contributed by atoms with van der Waals surface area (Å²) in [6.07, 6.45) is 2.67. The number of rotatable bonds is 6. The summed E-state index contributed by atoms with van der Waals surface area (Å²) in [6.45, 7) is 0.602. The Morgan fingerprint density at radius 2 is 1.91 bits per heavy atom. The Hall–Kier alpha value is -2.39. The summed E-state index contributed by atoms with van der Waals surface area (Å²) in [7, 11) is -1.89. The topological polar surface area (TPSA) is 94.3 Å². The van der Waals surface area contributed by atoms with Crippen LogP contribution < -0.4 is 15.2 Å². The molecule has 1 aliphatic carbocycles. The van der Waals surface area contributed by atoms with Crippen LogP contribution in [0.1, 0.15) is 42.9 Å². The molecule has 4 aromatic rings. The van der Waals surface area contributed by atoms with E-state index in [1.54, 1.807) is 18.4 Å². The second kappa shape index (κ2) is 9.34. The first-order valence-electron chi connectivity index (χ1n) is 11.2. The number of anilines is 1. The van der Waals surface area contributed by atoms with Gasteiger partial charge in [-0.25, -0.2) is 18.5 Å². The Kier molecular flexibility index (Phi) is 6.41. The van der Waals surface area contributed by atoms with Crippen molar-refractivity contribution in [2.24, 2.45) is 5.14 Å². The van der Waals surface area contributed by atoms with Crippen LogP contribution in [0.2, 0.25) is 5.02 Å². The lowest BCUT2D eigenvalue weighted by Gasteiger charge is -2.27. The van der Waals surface area contributed by atoms with Crippen molar-refractivity contribution < 1.29 is 13.2 Å². The Morgan fingerprint density at radius 1 is 1.15 bits per heavy atom. The van der Waals surface area contributed by atoms with Crippen molar-refractivity contribution in [3.8, 4) is 5.75 Å². The Labute approximate surface area is 208 Å². The highest BCUT2D eigenvalue weighted by molar-refractivity contribution is 7.89. The number of hydrogen-bond donors (Lipinski definition) is 2. The number of thiophene rings is 1. The van der Waals surface area contributed by atoms with Gasteiger partial charge >= 0.3 is 0 Å². The zero-order valence-corrected chi connectivity index (χ0v) is 21.1. The summed E-state index contributed by atoms with van der Waals surface area (Å²) in [5, 5.41) is 11.4. The number of aromatic nitrogens is 1. The number of pyridine rings is 1. The van der Waals surface area contributed by atoms with Gasteiger partial charge in [-0.05, 0) is 55.5 Å². The minimum absolute atomic E-state index is 0.212. The minimum Gasteiger partial charge on any atom is -0.495 e. The zero-order chi connectivity index (χ0) is 23.9. The molecule has 9 heteroatoms. The van der Waals surface area contributed by atoms with E-state index < -0.39 is 15.3 Å². The lowest BCUT2D eigenvalue weighted by atomic mass is 9.86. The van der Waals surface area contributed by atoms with Crippen molar-refractivity contribution in [1.82, 2.24) is 4.98 Å². The summed E-state index contributed by atoms with van der Waals surface area (Å²) in [4.78, 5) is 6.02. The molecule has 3 N–H and O–H groups in total. The molecule has 0 radical (unpaired) electrons. The average molecular weight is 516 g/mol. The molecule has 1 aliphatic rings. The first-order valence-corrected chi connectivity index (χ1v) is 14.0. The van der Waals surface area contributed by atoms with Gasteiger partial charge in [0.1, 0.15) is 10.6 Å². The molecule has 5 rings (SSSR count). The van der Waals surface area contributed by atoms with Crippen LogP contribution in [0.3, 0.4) is 0 Å². The van der Waals surface area contributed by atoms with Gasteiger partial charge in [-0.1, -0.05) is 35.9 Å². The van der Waals surface area contributed by atoms with Crippen LogP contribution in [-0.4, -0.2) is 25.8 Å². The van der Waals surface area contributed by atoms with Crippen LogP contribution >= 0.6 is 22.9 Å². The molecule has 0 atom stereocenters. The van der Waals surface area contributed by atoms with Gasteiger partial charge < -0.3 is 10.1 Å². The van der Waals surface area contributed by atoms with Gasteiger partial charge in [0.25, 0.3) is 0 Å². The third-order valence-electron chi connectivity index (χ3n) is 6.63. The summed E-state index contributed by atoms with van der Waals surface area (Å²) >= 11 is 8.01. The van der Waals surface area contributed by atoms with Gasteiger partial charge in [-0.15, -0.1) is 11.3 Å². The molecule has 2 heterocycles. The highest BCUT2D eigenvalue weighted by Gasteiger charge is 2.30. The quantitative estimate of drug-likeness (QED) is 0.326. The number of benzene rings is 2. The van der Waals surface area contributed by atoms with Gasteiger partial charge in [0.15, 0.2) is 0 Å².